The predicted molar refractivity (Wildman–Crippen MR) is 120 cm³/mol. The molecule has 1 N–H and O–H groups in total. The third-order valence-electron chi connectivity index (χ3n) is 7.23. The summed E-state index contributed by atoms with van der Waals surface area (Å²) in [5.74, 6) is 0.460. The van der Waals surface area contributed by atoms with Gasteiger partial charge in [0.25, 0.3) is 0 Å². The van der Waals surface area contributed by atoms with E-state index in [1.54, 1.807) is 0 Å². The van der Waals surface area contributed by atoms with Crippen LogP contribution in [0.3, 0.4) is 0 Å². The molecule has 1 atom stereocenters. The lowest BCUT2D eigenvalue weighted by atomic mass is 9.93. The van der Waals surface area contributed by atoms with E-state index in [1.807, 2.05) is 12.4 Å². The zero-order chi connectivity index (χ0) is 20.6. The Labute approximate surface area is 182 Å². The molecule has 6 heteroatoms. The SMILES string of the molecule is O=C(NCCN1CCCCC1)C1CCCN(C2CCN(Cc3ccncc3)CC2)C1. The number of rotatable bonds is 7. The first-order valence-electron chi connectivity index (χ1n) is 12.1. The lowest BCUT2D eigenvalue weighted by molar-refractivity contribution is -0.127. The lowest BCUT2D eigenvalue weighted by Crippen LogP contribution is -2.51. The fourth-order valence-corrected chi connectivity index (χ4v) is 5.41. The fraction of sp³-hybridized carbons (Fsp3) is 0.750. The summed E-state index contributed by atoms with van der Waals surface area (Å²) in [6.07, 6.45) is 12.4. The summed E-state index contributed by atoms with van der Waals surface area (Å²) in [7, 11) is 0. The van der Waals surface area contributed by atoms with Gasteiger partial charge < -0.3 is 10.2 Å². The number of aromatic nitrogens is 1. The van der Waals surface area contributed by atoms with Crippen molar-refractivity contribution in [2.24, 2.45) is 5.92 Å². The lowest BCUT2D eigenvalue weighted by Gasteiger charge is -2.42. The van der Waals surface area contributed by atoms with Crippen LogP contribution < -0.4 is 5.32 Å². The summed E-state index contributed by atoms with van der Waals surface area (Å²) >= 11 is 0. The van der Waals surface area contributed by atoms with Gasteiger partial charge in [0.2, 0.25) is 5.91 Å². The van der Waals surface area contributed by atoms with Gasteiger partial charge in [-0.25, -0.2) is 0 Å². The minimum atomic E-state index is 0.176. The highest BCUT2D eigenvalue weighted by atomic mass is 16.1. The first-order valence-corrected chi connectivity index (χ1v) is 12.1. The van der Waals surface area contributed by atoms with E-state index >= 15 is 0 Å². The van der Waals surface area contributed by atoms with Crippen molar-refractivity contribution in [2.75, 3.05) is 52.4 Å². The third kappa shape index (κ3) is 6.25. The summed E-state index contributed by atoms with van der Waals surface area (Å²) in [5, 5.41) is 3.24. The van der Waals surface area contributed by atoms with Crippen molar-refractivity contribution >= 4 is 5.91 Å². The van der Waals surface area contributed by atoms with Gasteiger partial charge in [-0.3, -0.25) is 19.6 Å². The molecular formula is C24H39N5O. The van der Waals surface area contributed by atoms with E-state index in [1.165, 1.54) is 50.8 Å². The molecular weight excluding hydrogens is 374 g/mol. The van der Waals surface area contributed by atoms with E-state index in [9.17, 15) is 4.79 Å². The molecule has 1 aromatic rings. The van der Waals surface area contributed by atoms with E-state index in [4.69, 9.17) is 0 Å². The molecule has 1 aromatic heterocycles. The molecule has 1 unspecified atom stereocenters. The van der Waals surface area contributed by atoms with Crippen LogP contribution in [0.15, 0.2) is 24.5 Å². The van der Waals surface area contributed by atoms with Crippen molar-refractivity contribution < 1.29 is 4.79 Å². The molecule has 0 bridgehead atoms. The molecule has 0 aromatic carbocycles. The van der Waals surface area contributed by atoms with E-state index in [2.05, 4.69) is 37.1 Å². The number of nitrogens with one attached hydrogen (secondary N) is 1. The van der Waals surface area contributed by atoms with Crippen LogP contribution in [0, 0.1) is 5.92 Å². The van der Waals surface area contributed by atoms with Gasteiger partial charge in [-0.2, -0.15) is 0 Å². The maximum atomic E-state index is 12.8. The molecule has 3 fully saturated rings. The van der Waals surface area contributed by atoms with E-state index in [0.717, 1.165) is 58.7 Å². The highest BCUT2D eigenvalue weighted by Gasteiger charge is 2.31. The van der Waals surface area contributed by atoms with E-state index in [0.29, 0.717) is 6.04 Å². The number of carbonyl (C=O) groups excluding carboxylic acids is 1. The Balaban J connectivity index is 1.17. The molecule has 30 heavy (non-hydrogen) atoms. The van der Waals surface area contributed by atoms with Gasteiger partial charge in [0.1, 0.15) is 0 Å². The maximum Gasteiger partial charge on any atom is 0.224 e. The van der Waals surface area contributed by atoms with Crippen LogP contribution in [0.4, 0.5) is 0 Å². The normalized spacial score (nSPS) is 25.3. The van der Waals surface area contributed by atoms with Crippen molar-refractivity contribution in [3.63, 3.8) is 0 Å². The first-order chi connectivity index (χ1) is 14.8. The van der Waals surface area contributed by atoms with Crippen molar-refractivity contribution in [1.82, 2.24) is 25.0 Å². The molecule has 3 aliphatic heterocycles. The number of carbonyl (C=O) groups is 1. The zero-order valence-corrected chi connectivity index (χ0v) is 18.5. The molecule has 4 heterocycles. The van der Waals surface area contributed by atoms with Gasteiger partial charge in [0.05, 0.1) is 5.92 Å². The van der Waals surface area contributed by atoms with Gasteiger partial charge in [0.15, 0.2) is 0 Å². The van der Waals surface area contributed by atoms with Gasteiger partial charge in [-0.15, -0.1) is 0 Å². The maximum absolute atomic E-state index is 12.8. The highest BCUT2D eigenvalue weighted by molar-refractivity contribution is 5.78. The molecule has 1 amide bonds. The number of hydrogen-bond acceptors (Lipinski definition) is 5. The second-order valence-corrected chi connectivity index (χ2v) is 9.39. The van der Waals surface area contributed by atoms with Gasteiger partial charge in [-0.05, 0) is 88.9 Å². The van der Waals surface area contributed by atoms with Gasteiger partial charge >= 0.3 is 0 Å². The predicted octanol–water partition coefficient (Wildman–Crippen LogP) is 2.36. The minimum absolute atomic E-state index is 0.176. The van der Waals surface area contributed by atoms with Crippen LogP contribution >= 0.6 is 0 Å². The molecule has 0 saturated carbocycles. The Morgan fingerprint density at radius 3 is 2.47 bits per heavy atom. The average Bonchev–Trinajstić information content (AvgIpc) is 2.81. The summed E-state index contributed by atoms with van der Waals surface area (Å²) in [5.41, 5.74) is 1.35. The molecule has 0 aliphatic carbocycles. The molecule has 0 radical (unpaired) electrons. The number of amides is 1. The molecule has 3 aliphatic rings. The number of hydrogen-bond donors (Lipinski definition) is 1. The number of nitrogens with zero attached hydrogens (tertiary/aromatic N) is 4. The molecule has 0 spiro atoms. The first kappa shape index (κ1) is 21.7. The van der Waals surface area contributed by atoms with Crippen molar-refractivity contribution in [3.05, 3.63) is 30.1 Å². The fourth-order valence-electron chi connectivity index (χ4n) is 5.41. The Morgan fingerprint density at radius 1 is 0.933 bits per heavy atom. The number of piperidine rings is 3. The summed E-state index contributed by atoms with van der Waals surface area (Å²) < 4.78 is 0. The summed E-state index contributed by atoms with van der Waals surface area (Å²) in [4.78, 5) is 24.5. The summed E-state index contributed by atoms with van der Waals surface area (Å²) in [6.45, 7) is 9.65. The van der Waals surface area contributed by atoms with Crippen LogP contribution in [0.25, 0.3) is 0 Å². The van der Waals surface area contributed by atoms with Crippen molar-refractivity contribution in [2.45, 2.75) is 57.5 Å². The number of pyridine rings is 1. The highest BCUT2D eigenvalue weighted by Crippen LogP contribution is 2.24. The van der Waals surface area contributed by atoms with Crippen LogP contribution in [0.5, 0.6) is 0 Å². The topological polar surface area (TPSA) is 51.7 Å². The second kappa shape index (κ2) is 11.2. The minimum Gasteiger partial charge on any atom is -0.355 e. The molecule has 166 valence electrons. The zero-order valence-electron chi connectivity index (χ0n) is 18.5. The largest absolute Gasteiger partial charge is 0.355 e. The Hall–Kier alpha value is -1.50. The van der Waals surface area contributed by atoms with Gasteiger partial charge in [0, 0.05) is 44.6 Å². The van der Waals surface area contributed by atoms with Crippen LogP contribution in [0.2, 0.25) is 0 Å². The molecule has 6 nitrogen and oxygen atoms in total. The molecule has 3 saturated heterocycles. The Kier molecular flexibility index (Phi) is 8.12. The van der Waals surface area contributed by atoms with Gasteiger partial charge in [-0.1, -0.05) is 6.42 Å². The van der Waals surface area contributed by atoms with E-state index < -0.39 is 0 Å². The second-order valence-electron chi connectivity index (χ2n) is 9.39. The molecule has 4 rings (SSSR count). The van der Waals surface area contributed by atoms with E-state index in [-0.39, 0.29) is 11.8 Å². The Morgan fingerprint density at radius 2 is 1.70 bits per heavy atom. The average molecular weight is 414 g/mol. The monoisotopic (exact) mass is 413 g/mol. The van der Waals surface area contributed by atoms with Crippen molar-refractivity contribution in [3.8, 4) is 0 Å². The quantitative estimate of drug-likeness (QED) is 0.744. The Bertz CT molecular complexity index is 640. The standard InChI is InChI=1S/C24H39N5O/c30-24(26-12-18-27-13-2-1-3-14-27)22-5-4-15-29(20-22)23-8-16-28(17-9-23)19-21-6-10-25-11-7-21/h6-7,10-11,22-23H,1-5,8-9,12-20H2,(H,26,30). The summed E-state index contributed by atoms with van der Waals surface area (Å²) in [6, 6.07) is 4.87. The third-order valence-corrected chi connectivity index (χ3v) is 7.23. The van der Waals surface area contributed by atoms with Crippen LogP contribution in [-0.2, 0) is 11.3 Å². The van der Waals surface area contributed by atoms with Crippen LogP contribution in [-0.4, -0.2) is 84.0 Å². The number of likely N-dealkylation sites (tertiary alicyclic amines) is 3. The van der Waals surface area contributed by atoms with Crippen LogP contribution in [0.1, 0.15) is 50.5 Å². The van der Waals surface area contributed by atoms with Crippen molar-refractivity contribution in [1.29, 1.82) is 0 Å². The smallest absolute Gasteiger partial charge is 0.224 e.